The highest BCUT2D eigenvalue weighted by atomic mass is 19.2. The molecule has 3 aliphatic rings. The average molecular weight is 419 g/mol. The predicted octanol–water partition coefficient (Wildman–Crippen LogP) is 8.34. The highest BCUT2D eigenvalue weighted by Crippen LogP contribution is 2.46. The van der Waals surface area contributed by atoms with E-state index in [1.165, 1.54) is 51.4 Å². The van der Waals surface area contributed by atoms with Gasteiger partial charge in [-0.25, -0.2) is 4.39 Å². The molecule has 0 radical (unpaired) electrons. The molecule has 168 valence electrons. The maximum Gasteiger partial charge on any atom is 0.201 e. The van der Waals surface area contributed by atoms with Crippen LogP contribution in [0, 0.1) is 29.4 Å². The van der Waals surface area contributed by atoms with Crippen molar-refractivity contribution in [2.45, 2.75) is 116 Å². The van der Waals surface area contributed by atoms with Crippen LogP contribution in [0.2, 0.25) is 0 Å². The number of benzene rings is 1. The number of hydrogen-bond donors (Lipinski definition) is 0. The van der Waals surface area contributed by atoms with E-state index in [-0.39, 0.29) is 17.8 Å². The largest absolute Gasteiger partial charge is 0.487 e. The van der Waals surface area contributed by atoms with Gasteiger partial charge in [0.2, 0.25) is 5.82 Å². The van der Waals surface area contributed by atoms with Gasteiger partial charge in [0, 0.05) is 0 Å². The van der Waals surface area contributed by atoms with E-state index in [0.717, 1.165) is 61.8 Å². The van der Waals surface area contributed by atoms with Crippen molar-refractivity contribution in [3.63, 3.8) is 0 Å². The Labute approximate surface area is 182 Å². The SMILES string of the molecule is CCCC1CCC(C2CCC(c3cc4c(c(F)c3F)OC(CCC)CC4)CC2)CC1. The molecule has 1 nitrogen and oxygen atoms in total. The van der Waals surface area contributed by atoms with Crippen LogP contribution in [-0.4, -0.2) is 6.10 Å². The summed E-state index contributed by atoms with van der Waals surface area (Å²) in [4.78, 5) is 0. The molecule has 2 aliphatic carbocycles. The quantitative estimate of drug-likeness (QED) is 0.451. The molecule has 0 spiro atoms. The number of aryl methyl sites for hydroxylation is 1. The second kappa shape index (κ2) is 10.0. The molecule has 30 heavy (non-hydrogen) atoms. The van der Waals surface area contributed by atoms with Crippen LogP contribution in [0.4, 0.5) is 8.78 Å². The van der Waals surface area contributed by atoms with Crippen molar-refractivity contribution < 1.29 is 13.5 Å². The molecular weight excluding hydrogens is 378 g/mol. The number of fused-ring (bicyclic) bond motifs is 1. The second-order valence-corrected chi connectivity index (χ2v) is 10.3. The Balaban J connectivity index is 1.38. The summed E-state index contributed by atoms with van der Waals surface area (Å²) >= 11 is 0. The minimum Gasteiger partial charge on any atom is -0.487 e. The van der Waals surface area contributed by atoms with E-state index in [4.69, 9.17) is 4.74 Å². The van der Waals surface area contributed by atoms with Crippen molar-refractivity contribution >= 4 is 0 Å². The molecule has 2 fully saturated rings. The number of rotatable bonds is 6. The van der Waals surface area contributed by atoms with Gasteiger partial charge in [-0.1, -0.05) is 46.0 Å². The van der Waals surface area contributed by atoms with E-state index in [1.54, 1.807) is 0 Å². The number of hydrogen-bond acceptors (Lipinski definition) is 1. The van der Waals surface area contributed by atoms with Crippen LogP contribution in [0.25, 0.3) is 0 Å². The van der Waals surface area contributed by atoms with Crippen molar-refractivity contribution in [3.8, 4) is 5.75 Å². The lowest BCUT2D eigenvalue weighted by Gasteiger charge is -2.38. The van der Waals surface area contributed by atoms with Gasteiger partial charge in [-0.3, -0.25) is 0 Å². The zero-order chi connectivity index (χ0) is 21.1. The van der Waals surface area contributed by atoms with Gasteiger partial charge in [0.05, 0.1) is 6.10 Å². The monoisotopic (exact) mass is 418 g/mol. The molecule has 1 atom stereocenters. The highest BCUT2D eigenvalue weighted by molar-refractivity contribution is 5.42. The Bertz CT molecular complexity index is 699. The molecule has 0 aromatic heterocycles. The predicted molar refractivity (Wildman–Crippen MR) is 119 cm³/mol. The maximum atomic E-state index is 15.0. The van der Waals surface area contributed by atoms with E-state index in [0.29, 0.717) is 5.56 Å². The fourth-order valence-corrected chi connectivity index (χ4v) is 6.62. The lowest BCUT2D eigenvalue weighted by atomic mass is 9.68. The van der Waals surface area contributed by atoms with Crippen LogP contribution in [0.15, 0.2) is 6.07 Å². The van der Waals surface area contributed by atoms with E-state index in [2.05, 4.69) is 13.8 Å². The Morgan fingerprint density at radius 1 is 0.800 bits per heavy atom. The summed E-state index contributed by atoms with van der Waals surface area (Å²) in [5.74, 6) is 1.60. The van der Waals surface area contributed by atoms with E-state index < -0.39 is 11.6 Å². The molecule has 1 aliphatic heterocycles. The topological polar surface area (TPSA) is 9.23 Å². The highest BCUT2D eigenvalue weighted by Gasteiger charge is 2.34. The van der Waals surface area contributed by atoms with Crippen molar-refractivity contribution in [3.05, 3.63) is 28.8 Å². The molecule has 0 amide bonds. The van der Waals surface area contributed by atoms with Crippen molar-refractivity contribution in [2.75, 3.05) is 0 Å². The minimum absolute atomic E-state index is 0.0325. The van der Waals surface area contributed by atoms with Gasteiger partial charge in [0.25, 0.3) is 0 Å². The molecule has 1 heterocycles. The molecule has 0 N–H and O–H groups in total. The first-order valence-electron chi connectivity index (χ1n) is 12.8. The Hall–Kier alpha value is -1.12. The Morgan fingerprint density at radius 3 is 2.07 bits per heavy atom. The summed E-state index contributed by atoms with van der Waals surface area (Å²) < 4.78 is 35.7. The van der Waals surface area contributed by atoms with Crippen LogP contribution in [0.3, 0.4) is 0 Å². The van der Waals surface area contributed by atoms with Gasteiger partial charge in [-0.2, -0.15) is 4.39 Å². The van der Waals surface area contributed by atoms with Gasteiger partial charge >= 0.3 is 0 Å². The minimum atomic E-state index is -0.736. The summed E-state index contributed by atoms with van der Waals surface area (Å²) in [6.45, 7) is 4.40. The Morgan fingerprint density at radius 2 is 1.43 bits per heavy atom. The third kappa shape index (κ3) is 4.70. The third-order valence-electron chi connectivity index (χ3n) is 8.36. The van der Waals surface area contributed by atoms with Crippen molar-refractivity contribution in [1.82, 2.24) is 0 Å². The molecular formula is C27H40F2O. The summed E-state index contributed by atoms with van der Waals surface area (Å²) in [5.41, 5.74) is 1.50. The Kier molecular flexibility index (Phi) is 7.36. The fourth-order valence-electron chi connectivity index (χ4n) is 6.62. The first-order chi connectivity index (χ1) is 14.6. The van der Waals surface area contributed by atoms with Crippen molar-refractivity contribution in [2.24, 2.45) is 17.8 Å². The van der Waals surface area contributed by atoms with E-state index >= 15 is 0 Å². The lowest BCUT2D eigenvalue weighted by Crippen LogP contribution is -2.26. The molecule has 1 aromatic rings. The zero-order valence-electron chi connectivity index (χ0n) is 19.0. The summed E-state index contributed by atoms with van der Waals surface area (Å²) in [7, 11) is 0. The van der Waals surface area contributed by atoms with Gasteiger partial charge in [0.1, 0.15) is 0 Å². The maximum absolute atomic E-state index is 15.0. The van der Waals surface area contributed by atoms with Gasteiger partial charge < -0.3 is 4.74 Å². The smallest absolute Gasteiger partial charge is 0.201 e. The lowest BCUT2D eigenvalue weighted by molar-refractivity contribution is 0.150. The van der Waals surface area contributed by atoms with Crippen LogP contribution in [-0.2, 0) is 6.42 Å². The molecule has 0 bridgehead atoms. The van der Waals surface area contributed by atoms with Gasteiger partial charge in [-0.05, 0) is 98.7 Å². The average Bonchev–Trinajstić information content (AvgIpc) is 2.78. The van der Waals surface area contributed by atoms with Crippen LogP contribution in [0.5, 0.6) is 5.75 Å². The van der Waals surface area contributed by atoms with Crippen LogP contribution < -0.4 is 4.74 Å². The van der Waals surface area contributed by atoms with Gasteiger partial charge in [-0.15, -0.1) is 0 Å². The van der Waals surface area contributed by atoms with Crippen LogP contribution >= 0.6 is 0 Å². The fraction of sp³-hybridized carbons (Fsp3) is 0.778. The number of ether oxygens (including phenoxy) is 1. The summed E-state index contributed by atoms with van der Waals surface area (Å²) in [6.07, 6.45) is 16.3. The second-order valence-electron chi connectivity index (χ2n) is 10.3. The van der Waals surface area contributed by atoms with Gasteiger partial charge in [0.15, 0.2) is 11.6 Å². The molecule has 3 heteroatoms. The standard InChI is InChI=1S/C27H40F2O/c1-3-5-18-7-9-19(10-8-18)20-11-13-21(14-12-20)24-17-22-15-16-23(6-4-2)30-27(22)26(29)25(24)28/h17-21,23H,3-16H2,1-2H3. The molecule has 1 aromatic carbocycles. The first kappa shape index (κ1) is 22.1. The van der Waals surface area contributed by atoms with Crippen molar-refractivity contribution in [1.29, 1.82) is 0 Å². The summed E-state index contributed by atoms with van der Waals surface area (Å²) in [5, 5.41) is 0. The zero-order valence-corrected chi connectivity index (χ0v) is 19.0. The van der Waals surface area contributed by atoms with Crippen LogP contribution in [0.1, 0.15) is 114 Å². The third-order valence-corrected chi connectivity index (χ3v) is 8.36. The van der Waals surface area contributed by atoms with E-state index in [1.807, 2.05) is 6.07 Å². The first-order valence-corrected chi connectivity index (χ1v) is 12.8. The number of halogens is 2. The van der Waals surface area contributed by atoms with E-state index in [9.17, 15) is 8.78 Å². The summed E-state index contributed by atoms with van der Waals surface area (Å²) in [6, 6.07) is 1.94. The molecule has 1 unspecified atom stereocenters. The molecule has 4 rings (SSSR count). The molecule has 2 saturated carbocycles. The normalized spacial score (nSPS) is 31.8. The molecule has 0 saturated heterocycles.